The first-order valence-corrected chi connectivity index (χ1v) is 11.7. The summed E-state index contributed by atoms with van der Waals surface area (Å²) in [6.45, 7) is 9.28. The summed E-state index contributed by atoms with van der Waals surface area (Å²) < 4.78 is 1.77. The third kappa shape index (κ3) is 6.32. The molecule has 0 aliphatic carbocycles. The lowest BCUT2D eigenvalue weighted by atomic mass is 10.1. The normalized spacial score (nSPS) is 15.0. The fourth-order valence-electron chi connectivity index (χ4n) is 4.06. The van der Waals surface area contributed by atoms with Crippen LogP contribution in [0.4, 0.5) is 5.69 Å². The Bertz CT molecular complexity index is 1020. The van der Waals surface area contributed by atoms with Crippen LogP contribution < -0.4 is 15.5 Å². The molecule has 0 amide bonds. The van der Waals surface area contributed by atoms with Crippen LogP contribution in [0.25, 0.3) is 0 Å². The number of hydrogen-bond acceptors (Lipinski definition) is 5. The Kier molecular flexibility index (Phi) is 7.92. The van der Waals surface area contributed by atoms with E-state index >= 15 is 0 Å². The Hall–Kier alpha value is -3.39. The van der Waals surface area contributed by atoms with Crippen LogP contribution in [0, 0.1) is 0 Å². The summed E-state index contributed by atoms with van der Waals surface area (Å²) in [5.41, 5.74) is 3.93. The monoisotopic (exact) mass is 446 g/mol. The van der Waals surface area contributed by atoms with Crippen molar-refractivity contribution in [2.24, 2.45) is 12.0 Å². The first-order valence-electron chi connectivity index (χ1n) is 11.7. The second kappa shape index (κ2) is 11.5. The fraction of sp³-hybridized carbons (Fsp3) is 0.400. The quantitative estimate of drug-likeness (QED) is 0.409. The molecule has 174 valence electrons. The highest BCUT2D eigenvalue weighted by atomic mass is 15.3. The first kappa shape index (κ1) is 22.8. The lowest BCUT2D eigenvalue weighted by Crippen LogP contribution is -2.46. The number of rotatable bonds is 8. The van der Waals surface area contributed by atoms with E-state index in [0.717, 1.165) is 51.1 Å². The van der Waals surface area contributed by atoms with E-state index < -0.39 is 0 Å². The topological polar surface area (TPSA) is 73.6 Å². The van der Waals surface area contributed by atoms with Gasteiger partial charge in [0.05, 0.1) is 13.1 Å². The molecule has 1 aliphatic heterocycles. The summed E-state index contributed by atoms with van der Waals surface area (Å²) >= 11 is 0. The number of nitrogens with one attached hydrogen (secondary N) is 2. The molecule has 4 rings (SSSR count). The molecule has 3 aromatic rings. The van der Waals surface area contributed by atoms with Gasteiger partial charge in [-0.1, -0.05) is 42.5 Å². The van der Waals surface area contributed by atoms with E-state index in [4.69, 9.17) is 4.99 Å². The minimum absolute atomic E-state index is 0.579. The molecule has 2 N–H and O–H groups in total. The Labute approximate surface area is 196 Å². The number of guanidine groups is 1. The summed E-state index contributed by atoms with van der Waals surface area (Å²) in [5.74, 6) is 1.66. The van der Waals surface area contributed by atoms with Crippen molar-refractivity contribution in [3.05, 3.63) is 77.9 Å². The van der Waals surface area contributed by atoms with Crippen molar-refractivity contribution < 1.29 is 0 Å². The highest BCUT2D eigenvalue weighted by molar-refractivity contribution is 5.79. The average Bonchev–Trinajstić information content (AvgIpc) is 3.27. The average molecular weight is 447 g/mol. The van der Waals surface area contributed by atoms with Gasteiger partial charge in [0, 0.05) is 52.0 Å². The number of para-hydroxylation sites is 1. The van der Waals surface area contributed by atoms with Gasteiger partial charge in [0.25, 0.3) is 0 Å². The second-order valence-electron chi connectivity index (χ2n) is 8.22. The van der Waals surface area contributed by atoms with Crippen LogP contribution in [0.2, 0.25) is 0 Å². The molecule has 1 aliphatic rings. The van der Waals surface area contributed by atoms with Gasteiger partial charge in [0.15, 0.2) is 5.96 Å². The molecule has 1 aromatic heterocycles. The smallest absolute Gasteiger partial charge is 0.191 e. The van der Waals surface area contributed by atoms with Gasteiger partial charge in [-0.3, -0.25) is 9.58 Å². The van der Waals surface area contributed by atoms with Gasteiger partial charge in [0.1, 0.15) is 12.2 Å². The zero-order valence-corrected chi connectivity index (χ0v) is 19.6. The van der Waals surface area contributed by atoms with Crippen LogP contribution in [0.15, 0.2) is 65.9 Å². The van der Waals surface area contributed by atoms with Gasteiger partial charge in [-0.25, -0.2) is 9.98 Å². The van der Waals surface area contributed by atoms with E-state index in [1.807, 2.05) is 7.05 Å². The van der Waals surface area contributed by atoms with Gasteiger partial charge < -0.3 is 15.5 Å². The molecular weight excluding hydrogens is 412 g/mol. The van der Waals surface area contributed by atoms with Crippen molar-refractivity contribution in [2.45, 2.75) is 26.6 Å². The Balaban J connectivity index is 1.35. The fourth-order valence-corrected chi connectivity index (χ4v) is 4.06. The summed E-state index contributed by atoms with van der Waals surface area (Å²) in [7, 11) is 1.89. The third-order valence-corrected chi connectivity index (χ3v) is 5.98. The van der Waals surface area contributed by atoms with Crippen molar-refractivity contribution >= 4 is 11.6 Å². The van der Waals surface area contributed by atoms with Crippen LogP contribution in [0.5, 0.6) is 0 Å². The molecule has 0 unspecified atom stereocenters. The van der Waals surface area contributed by atoms with E-state index in [1.54, 1.807) is 11.0 Å². The van der Waals surface area contributed by atoms with E-state index in [9.17, 15) is 0 Å². The summed E-state index contributed by atoms with van der Waals surface area (Å²) in [4.78, 5) is 14.1. The molecule has 1 saturated heterocycles. The van der Waals surface area contributed by atoms with E-state index in [0.29, 0.717) is 13.1 Å². The minimum atomic E-state index is 0.579. The largest absolute Gasteiger partial charge is 0.369 e. The number of anilines is 1. The predicted octanol–water partition coefficient (Wildman–Crippen LogP) is 2.39. The molecule has 2 aromatic carbocycles. The van der Waals surface area contributed by atoms with E-state index in [2.05, 4.69) is 92.0 Å². The molecule has 8 heteroatoms. The van der Waals surface area contributed by atoms with Crippen LogP contribution >= 0.6 is 0 Å². The molecule has 0 spiro atoms. The predicted molar refractivity (Wildman–Crippen MR) is 133 cm³/mol. The molecule has 8 nitrogen and oxygen atoms in total. The van der Waals surface area contributed by atoms with Gasteiger partial charge in [0.2, 0.25) is 0 Å². The number of aryl methyl sites for hydroxylation is 1. The highest BCUT2D eigenvalue weighted by Gasteiger charge is 2.18. The van der Waals surface area contributed by atoms with Crippen LogP contribution in [0.1, 0.15) is 23.9 Å². The standard InChI is InChI=1S/C25H34N8/c1-3-26-25(28-18-24-29-20-30-31(24)2)27-17-21-9-7-8-10-22(21)19-32-13-15-33(16-14-32)23-11-5-4-6-12-23/h4-12,20H,3,13-19H2,1-2H3,(H2,26,27,28). The molecule has 0 radical (unpaired) electrons. The molecule has 0 saturated carbocycles. The molecular formula is C25H34N8. The Morgan fingerprint density at radius 2 is 1.67 bits per heavy atom. The number of hydrogen-bond donors (Lipinski definition) is 2. The lowest BCUT2D eigenvalue weighted by Gasteiger charge is -2.36. The number of aliphatic imine (C=N–C) groups is 1. The maximum atomic E-state index is 4.83. The summed E-state index contributed by atoms with van der Waals surface area (Å²) in [6, 6.07) is 19.3. The van der Waals surface area contributed by atoms with Crippen molar-refractivity contribution in [2.75, 3.05) is 37.6 Å². The van der Waals surface area contributed by atoms with Crippen molar-refractivity contribution in [1.82, 2.24) is 30.3 Å². The number of benzene rings is 2. The van der Waals surface area contributed by atoms with Gasteiger partial charge in [-0.05, 0) is 30.2 Å². The summed E-state index contributed by atoms with van der Waals surface area (Å²) in [6.07, 6.45) is 1.57. The lowest BCUT2D eigenvalue weighted by molar-refractivity contribution is 0.249. The Morgan fingerprint density at radius 1 is 0.939 bits per heavy atom. The Morgan fingerprint density at radius 3 is 2.36 bits per heavy atom. The minimum Gasteiger partial charge on any atom is -0.369 e. The second-order valence-corrected chi connectivity index (χ2v) is 8.22. The molecule has 0 atom stereocenters. The third-order valence-electron chi connectivity index (χ3n) is 5.98. The van der Waals surface area contributed by atoms with E-state index in [1.165, 1.54) is 16.8 Å². The zero-order chi connectivity index (χ0) is 22.9. The van der Waals surface area contributed by atoms with Gasteiger partial charge in [-0.15, -0.1) is 0 Å². The highest BCUT2D eigenvalue weighted by Crippen LogP contribution is 2.18. The molecule has 1 fully saturated rings. The summed E-state index contributed by atoms with van der Waals surface area (Å²) in [5, 5.41) is 10.8. The van der Waals surface area contributed by atoms with Crippen molar-refractivity contribution in [3.8, 4) is 0 Å². The van der Waals surface area contributed by atoms with Crippen LogP contribution in [0.3, 0.4) is 0 Å². The molecule has 2 heterocycles. The van der Waals surface area contributed by atoms with E-state index in [-0.39, 0.29) is 0 Å². The maximum Gasteiger partial charge on any atom is 0.191 e. The van der Waals surface area contributed by atoms with Crippen LogP contribution in [-0.4, -0.2) is 58.3 Å². The maximum absolute atomic E-state index is 4.83. The number of piperazine rings is 1. The van der Waals surface area contributed by atoms with Gasteiger partial charge >= 0.3 is 0 Å². The zero-order valence-electron chi connectivity index (χ0n) is 19.6. The first-order chi connectivity index (χ1) is 16.2. The molecule has 33 heavy (non-hydrogen) atoms. The molecule has 0 bridgehead atoms. The van der Waals surface area contributed by atoms with Crippen molar-refractivity contribution in [1.29, 1.82) is 0 Å². The number of aromatic nitrogens is 3. The number of nitrogens with zero attached hydrogens (tertiary/aromatic N) is 6. The van der Waals surface area contributed by atoms with Crippen LogP contribution in [-0.2, 0) is 26.7 Å². The SMILES string of the molecule is CCNC(=NCc1ccccc1CN1CCN(c2ccccc2)CC1)NCc1ncnn1C. The van der Waals surface area contributed by atoms with Gasteiger partial charge in [-0.2, -0.15) is 5.10 Å². The van der Waals surface area contributed by atoms with Crippen molar-refractivity contribution in [3.63, 3.8) is 0 Å².